The first-order valence-corrected chi connectivity index (χ1v) is 5.86. The van der Waals surface area contributed by atoms with Crippen LogP contribution >= 0.6 is 11.3 Å². The summed E-state index contributed by atoms with van der Waals surface area (Å²) >= 11 is 1.67. The van der Waals surface area contributed by atoms with E-state index in [0.717, 1.165) is 23.2 Å². The predicted octanol–water partition coefficient (Wildman–Crippen LogP) is 2.86. The first-order valence-electron chi connectivity index (χ1n) is 4.98. The Morgan fingerprint density at radius 3 is 2.87 bits per heavy atom. The fraction of sp³-hybridized carbons (Fsp3) is 0.250. The second kappa shape index (κ2) is 4.55. The van der Waals surface area contributed by atoms with E-state index in [1.165, 1.54) is 4.88 Å². The number of rotatable bonds is 3. The van der Waals surface area contributed by atoms with Crippen molar-refractivity contribution in [2.75, 3.05) is 0 Å². The number of hydrogen-bond acceptors (Lipinski definition) is 3. The maximum Gasteiger partial charge on any atom is 0.0846 e. The van der Waals surface area contributed by atoms with Gasteiger partial charge in [0.2, 0.25) is 0 Å². The summed E-state index contributed by atoms with van der Waals surface area (Å²) in [6.07, 6.45) is 0.986. The van der Waals surface area contributed by atoms with Crippen LogP contribution in [-0.4, -0.2) is 10.1 Å². The number of nitrogens with zero attached hydrogens (tertiary/aromatic N) is 1. The summed E-state index contributed by atoms with van der Waals surface area (Å²) < 4.78 is 0. The van der Waals surface area contributed by atoms with E-state index in [2.05, 4.69) is 11.9 Å². The third-order valence-corrected chi connectivity index (χ3v) is 3.38. The van der Waals surface area contributed by atoms with Crippen LogP contribution in [0.3, 0.4) is 0 Å². The van der Waals surface area contributed by atoms with Gasteiger partial charge in [-0.05, 0) is 12.0 Å². The fourth-order valence-electron chi connectivity index (χ4n) is 1.63. The van der Waals surface area contributed by atoms with Gasteiger partial charge in [0.05, 0.1) is 17.8 Å². The van der Waals surface area contributed by atoms with Gasteiger partial charge in [0.15, 0.2) is 0 Å². The van der Waals surface area contributed by atoms with Crippen molar-refractivity contribution in [3.05, 3.63) is 40.2 Å². The average Bonchev–Trinajstić information content (AvgIpc) is 2.76. The van der Waals surface area contributed by atoms with Crippen molar-refractivity contribution in [2.24, 2.45) is 0 Å². The fourth-order valence-corrected chi connectivity index (χ4v) is 2.36. The van der Waals surface area contributed by atoms with Crippen molar-refractivity contribution in [1.29, 1.82) is 0 Å². The molecule has 0 amide bonds. The van der Waals surface area contributed by atoms with Crippen LogP contribution in [0.5, 0.6) is 0 Å². The zero-order valence-electron chi connectivity index (χ0n) is 8.60. The molecule has 0 aliphatic rings. The molecule has 15 heavy (non-hydrogen) atoms. The lowest BCUT2D eigenvalue weighted by Gasteiger charge is -2.05. The molecule has 2 nitrogen and oxygen atoms in total. The minimum atomic E-state index is 0.0663. The van der Waals surface area contributed by atoms with Crippen LogP contribution in [0.25, 0.3) is 11.3 Å². The number of benzene rings is 1. The molecule has 1 heterocycles. The van der Waals surface area contributed by atoms with Crippen molar-refractivity contribution < 1.29 is 5.11 Å². The molecule has 1 aromatic heterocycles. The molecule has 0 saturated carbocycles. The van der Waals surface area contributed by atoms with Crippen molar-refractivity contribution >= 4 is 11.3 Å². The summed E-state index contributed by atoms with van der Waals surface area (Å²) in [6.45, 7) is 2.19. The second-order valence-electron chi connectivity index (χ2n) is 3.29. The number of aromatic nitrogens is 1. The maximum absolute atomic E-state index is 9.26. The van der Waals surface area contributed by atoms with Gasteiger partial charge in [-0.3, -0.25) is 0 Å². The Hall–Kier alpha value is -1.19. The Bertz CT molecular complexity index is 450. The molecule has 0 fully saturated rings. The van der Waals surface area contributed by atoms with E-state index >= 15 is 0 Å². The summed E-state index contributed by atoms with van der Waals surface area (Å²) in [5.41, 5.74) is 4.88. The van der Waals surface area contributed by atoms with Crippen molar-refractivity contribution in [3.8, 4) is 11.3 Å². The summed E-state index contributed by atoms with van der Waals surface area (Å²) in [5.74, 6) is 0. The van der Waals surface area contributed by atoms with Gasteiger partial charge >= 0.3 is 0 Å². The van der Waals surface area contributed by atoms with Gasteiger partial charge < -0.3 is 5.11 Å². The predicted molar refractivity (Wildman–Crippen MR) is 62.9 cm³/mol. The molecule has 0 aliphatic carbocycles. The zero-order chi connectivity index (χ0) is 10.7. The molecule has 0 atom stereocenters. The topological polar surface area (TPSA) is 33.1 Å². The van der Waals surface area contributed by atoms with E-state index in [4.69, 9.17) is 0 Å². The molecule has 0 unspecified atom stereocenters. The van der Waals surface area contributed by atoms with Crippen molar-refractivity contribution in [3.63, 3.8) is 0 Å². The highest BCUT2D eigenvalue weighted by atomic mass is 32.1. The first-order chi connectivity index (χ1) is 7.36. The summed E-state index contributed by atoms with van der Waals surface area (Å²) in [6, 6.07) is 7.87. The normalized spacial score (nSPS) is 10.5. The van der Waals surface area contributed by atoms with E-state index in [1.807, 2.05) is 29.8 Å². The average molecular weight is 219 g/mol. The highest BCUT2D eigenvalue weighted by Crippen LogP contribution is 2.28. The standard InChI is InChI=1S/C12H13NOS/c1-2-11-12(13-8-15-11)10-6-4-3-5-9(10)7-14/h3-6,8,14H,2,7H2,1H3. The number of hydrogen-bond donors (Lipinski definition) is 1. The highest BCUT2D eigenvalue weighted by molar-refractivity contribution is 7.10. The Kier molecular flexibility index (Phi) is 3.14. The van der Waals surface area contributed by atoms with Crippen LogP contribution in [0.15, 0.2) is 29.8 Å². The number of aryl methyl sites for hydroxylation is 1. The summed E-state index contributed by atoms with van der Waals surface area (Å²) in [4.78, 5) is 5.65. The lowest BCUT2D eigenvalue weighted by atomic mass is 10.0. The van der Waals surface area contributed by atoms with E-state index < -0.39 is 0 Å². The lowest BCUT2D eigenvalue weighted by Crippen LogP contribution is -1.91. The van der Waals surface area contributed by atoms with E-state index in [1.54, 1.807) is 11.3 Å². The zero-order valence-corrected chi connectivity index (χ0v) is 9.42. The molecule has 0 radical (unpaired) electrons. The van der Waals surface area contributed by atoms with Crippen LogP contribution < -0.4 is 0 Å². The van der Waals surface area contributed by atoms with Gasteiger partial charge in [-0.1, -0.05) is 31.2 Å². The number of aliphatic hydroxyl groups excluding tert-OH is 1. The highest BCUT2D eigenvalue weighted by Gasteiger charge is 2.10. The van der Waals surface area contributed by atoms with Crippen LogP contribution in [0, 0.1) is 0 Å². The maximum atomic E-state index is 9.26. The first kappa shape index (κ1) is 10.3. The van der Waals surface area contributed by atoms with Gasteiger partial charge in [0.25, 0.3) is 0 Å². The molecule has 2 rings (SSSR count). The minimum Gasteiger partial charge on any atom is -0.392 e. The number of aliphatic hydroxyl groups is 1. The molecule has 0 bridgehead atoms. The van der Waals surface area contributed by atoms with Gasteiger partial charge in [-0.25, -0.2) is 4.98 Å². The van der Waals surface area contributed by atoms with Gasteiger partial charge in [-0.15, -0.1) is 11.3 Å². The van der Waals surface area contributed by atoms with Crippen molar-refractivity contribution in [2.45, 2.75) is 20.0 Å². The van der Waals surface area contributed by atoms with Crippen LogP contribution in [0.2, 0.25) is 0 Å². The molecule has 0 spiro atoms. The second-order valence-corrected chi connectivity index (χ2v) is 4.23. The summed E-state index contributed by atoms with van der Waals surface area (Å²) in [7, 11) is 0. The molecule has 1 N–H and O–H groups in total. The molecule has 0 aliphatic heterocycles. The molecular formula is C12H13NOS. The number of thiazole rings is 1. The Balaban J connectivity index is 2.53. The molecule has 78 valence electrons. The smallest absolute Gasteiger partial charge is 0.0846 e. The lowest BCUT2D eigenvalue weighted by molar-refractivity contribution is 0.282. The van der Waals surface area contributed by atoms with Crippen LogP contribution in [-0.2, 0) is 13.0 Å². The van der Waals surface area contributed by atoms with E-state index in [-0.39, 0.29) is 6.61 Å². The SMILES string of the molecule is CCc1scnc1-c1ccccc1CO. The van der Waals surface area contributed by atoms with Crippen LogP contribution in [0.1, 0.15) is 17.4 Å². The molecule has 0 saturated heterocycles. The van der Waals surface area contributed by atoms with E-state index in [0.29, 0.717) is 0 Å². The van der Waals surface area contributed by atoms with Gasteiger partial charge in [0.1, 0.15) is 0 Å². The van der Waals surface area contributed by atoms with Gasteiger partial charge in [0, 0.05) is 10.4 Å². The molecule has 1 aromatic carbocycles. The quantitative estimate of drug-likeness (QED) is 0.861. The Morgan fingerprint density at radius 1 is 1.33 bits per heavy atom. The van der Waals surface area contributed by atoms with Gasteiger partial charge in [-0.2, -0.15) is 0 Å². The summed E-state index contributed by atoms with van der Waals surface area (Å²) in [5, 5.41) is 9.26. The molecule has 2 aromatic rings. The molecule has 3 heteroatoms. The Labute approximate surface area is 93.2 Å². The molecular weight excluding hydrogens is 206 g/mol. The third kappa shape index (κ3) is 1.94. The van der Waals surface area contributed by atoms with Crippen LogP contribution in [0.4, 0.5) is 0 Å². The monoisotopic (exact) mass is 219 g/mol. The van der Waals surface area contributed by atoms with E-state index in [9.17, 15) is 5.11 Å². The largest absolute Gasteiger partial charge is 0.392 e. The Morgan fingerprint density at radius 2 is 2.13 bits per heavy atom. The third-order valence-electron chi connectivity index (χ3n) is 2.40. The van der Waals surface area contributed by atoms with Crippen molar-refractivity contribution in [1.82, 2.24) is 4.98 Å². The minimum absolute atomic E-state index is 0.0663.